The average molecular weight is 220 g/mol. The van der Waals surface area contributed by atoms with Crippen molar-refractivity contribution in [2.75, 3.05) is 5.88 Å². The summed E-state index contributed by atoms with van der Waals surface area (Å²) >= 11 is 5.23. The Morgan fingerprint density at radius 2 is 1.71 bits per heavy atom. The molecule has 0 aliphatic heterocycles. The number of halogens is 1. The zero-order chi connectivity index (χ0) is 10.8. The lowest BCUT2D eigenvalue weighted by Crippen LogP contribution is -2.30. The van der Waals surface area contributed by atoms with E-state index in [1.807, 2.05) is 0 Å². The Morgan fingerprint density at radius 3 is 2.29 bits per heavy atom. The van der Waals surface area contributed by atoms with Gasteiger partial charge in [-0.05, 0) is 6.42 Å². The summed E-state index contributed by atoms with van der Waals surface area (Å²) in [5, 5.41) is 2.21. The van der Waals surface area contributed by atoms with Crippen LogP contribution >= 0.6 is 11.6 Å². The highest BCUT2D eigenvalue weighted by molar-refractivity contribution is 6.28. The lowest BCUT2D eigenvalue weighted by Gasteiger charge is -2.01. The SMILES string of the molecule is CCCCCCCC(=O)NC(=O)CCl. The minimum Gasteiger partial charge on any atom is -0.295 e. The number of rotatable bonds is 7. The topological polar surface area (TPSA) is 46.2 Å². The number of hydrogen-bond acceptors (Lipinski definition) is 2. The molecule has 0 heterocycles. The van der Waals surface area contributed by atoms with Gasteiger partial charge in [-0.3, -0.25) is 14.9 Å². The summed E-state index contributed by atoms with van der Waals surface area (Å²) in [6, 6.07) is 0. The van der Waals surface area contributed by atoms with E-state index in [2.05, 4.69) is 12.2 Å². The van der Waals surface area contributed by atoms with Crippen LogP contribution < -0.4 is 5.32 Å². The third-order valence-corrected chi connectivity index (χ3v) is 2.15. The van der Waals surface area contributed by atoms with E-state index in [1.165, 1.54) is 12.8 Å². The highest BCUT2D eigenvalue weighted by Gasteiger charge is 2.05. The van der Waals surface area contributed by atoms with Crippen LogP contribution in [0.1, 0.15) is 45.4 Å². The maximum atomic E-state index is 11.1. The Balaban J connectivity index is 3.31. The van der Waals surface area contributed by atoms with Crippen molar-refractivity contribution in [2.45, 2.75) is 45.4 Å². The molecule has 3 nitrogen and oxygen atoms in total. The molecule has 0 fully saturated rings. The second-order valence-corrected chi connectivity index (χ2v) is 3.54. The lowest BCUT2D eigenvalue weighted by atomic mass is 10.1. The van der Waals surface area contributed by atoms with E-state index in [0.717, 1.165) is 19.3 Å². The average Bonchev–Trinajstić information content (AvgIpc) is 2.17. The van der Waals surface area contributed by atoms with Gasteiger partial charge < -0.3 is 0 Å². The fourth-order valence-corrected chi connectivity index (χ4v) is 1.21. The van der Waals surface area contributed by atoms with E-state index >= 15 is 0 Å². The van der Waals surface area contributed by atoms with Crippen LogP contribution in [-0.2, 0) is 9.59 Å². The molecule has 1 N–H and O–H groups in total. The number of carbonyl (C=O) groups excluding carboxylic acids is 2. The number of carbonyl (C=O) groups is 2. The quantitative estimate of drug-likeness (QED) is 0.527. The van der Waals surface area contributed by atoms with Crippen molar-refractivity contribution >= 4 is 23.4 Å². The Labute approximate surface area is 90.2 Å². The van der Waals surface area contributed by atoms with Crippen molar-refractivity contribution in [3.8, 4) is 0 Å². The Hall–Kier alpha value is -0.570. The standard InChI is InChI=1S/C10H18ClNO2/c1-2-3-4-5-6-7-9(13)12-10(14)8-11/h2-8H2,1H3,(H,12,13,14). The molecule has 0 rings (SSSR count). The van der Waals surface area contributed by atoms with Gasteiger partial charge in [0.25, 0.3) is 0 Å². The molecule has 0 bridgehead atoms. The molecular formula is C10H18ClNO2. The van der Waals surface area contributed by atoms with E-state index in [0.29, 0.717) is 6.42 Å². The number of unbranched alkanes of at least 4 members (excludes halogenated alkanes) is 4. The van der Waals surface area contributed by atoms with Gasteiger partial charge in [0.2, 0.25) is 11.8 Å². The molecule has 0 aromatic rings. The molecular weight excluding hydrogens is 202 g/mol. The van der Waals surface area contributed by atoms with Crippen LogP contribution in [0.2, 0.25) is 0 Å². The second kappa shape index (κ2) is 9.00. The van der Waals surface area contributed by atoms with Crippen LogP contribution in [-0.4, -0.2) is 17.7 Å². The van der Waals surface area contributed by atoms with Gasteiger partial charge in [0.15, 0.2) is 0 Å². The maximum Gasteiger partial charge on any atom is 0.241 e. The first kappa shape index (κ1) is 13.4. The van der Waals surface area contributed by atoms with Crippen molar-refractivity contribution in [1.82, 2.24) is 5.32 Å². The summed E-state index contributed by atoms with van der Waals surface area (Å²) in [5.74, 6) is -0.779. The molecule has 0 spiro atoms. The molecule has 0 saturated heterocycles. The minimum absolute atomic E-state index is 0.151. The number of alkyl halides is 1. The number of hydrogen-bond donors (Lipinski definition) is 1. The Bertz CT molecular complexity index is 183. The molecule has 0 atom stereocenters. The molecule has 4 heteroatoms. The van der Waals surface area contributed by atoms with Gasteiger partial charge in [0.1, 0.15) is 5.88 Å². The maximum absolute atomic E-state index is 11.1. The third kappa shape index (κ3) is 8.05. The fraction of sp³-hybridized carbons (Fsp3) is 0.800. The summed E-state index contributed by atoms with van der Waals surface area (Å²) in [6.45, 7) is 2.14. The molecule has 0 saturated carbocycles. The molecule has 0 aliphatic carbocycles. The van der Waals surface area contributed by atoms with E-state index in [9.17, 15) is 9.59 Å². The largest absolute Gasteiger partial charge is 0.295 e. The van der Waals surface area contributed by atoms with Gasteiger partial charge in [-0.1, -0.05) is 32.6 Å². The van der Waals surface area contributed by atoms with E-state index in [1.54, 1.807) is 0 Å². The molecule has 0 radical (unpaired) electrons. The van der Waals surface area contributed by atoms with Crippen LogP contribution in [0.15, 0.2) is 0 Å². The normalized spacial score (nSPS) is 9.86. The van der Waals surface area contributed by atoms with Gasteiger partial charge in [-0.15, -0.1) is 11.6 Å². The van der Waals surface area contributed by atoms with Crippen LogP contribution in [0.5, 0.6) is 0 Å². The minimum atomic E-state index is -0.412. The zero-order valence-corrected chi connectivity index (χ0v) is 9.40. The summed E-state index contributed by atoms with van der Waals surface area (Å²) in [4.78, 5) is 21.7. The fourth-order valence-electron chi connectivity index (χ4n) is 1.14. The molecule has 2 amide bonds. The van der Waals surface area contributed by atoms with E-state index in [-0.39, 0.29) is 11.8 Å². The van der Waals surface area contributed by atoms with E-state index in [4.69, 9.17) is 11.6 Å². The van der Waals surface area contributed by atoms with Gasteiger partial charge in [0, 0.05) is 6.42 Å². The van der Waals surface area contributed by atoms with Crippen molar-refractivity contribution < 1.29 is 9.59 Å². The first-order chi connectivity index (χ1) is 6.70. The van der Waals surface area contributed by atoms with Gasteiger partial charge >= 0.3 is 0 Å². The van der Waals surface area contributed by atoms with Crippen LogP contribution in [0.4, 0.5) is 0 Å². The molecule has 14 heavy (non-hydrogen) atoms. The first-order valence-electron chi connectivity index (χ1n) is 5.09. The molecule has 0 aromatic carbocycles. The van der Waals surface area contributed by atoms with Gasteiger partial charge in [0.05, 0.1) is 0 Å². The second-order valence-electron chi connectivity index (χ2n) is 3.27. The van der Waals surface area contributed by atoms with Crippen molar-refractivity contribution in [3.05, 3.63) is 0 Å². The van der Waals surface area contributed by atoms with Crippen LogP contribution in [0.25, 0.3) is 0 Å². The number of amides is 2. The summed E-state index contributed by atoms with van der Waals surface area (Å²) in [7, 11) is 0. The smallest absolute Gasteiger partial charge is 0.241 e. The predicted molar refractivity (Wildman–Crippen MR) is 57.2 cm³/mol. The Morgan fingerprint density at radius 1 is 1.07 bits per heavy atom. The van der Waals surface area contributed by atoms with Gasteiger partial charge in [-0.25, -0.2) is 0 Å². The highest BCUT2D eigenvalue weighted by atomic mass is 35.5. The monoisotopic (exact) mass is 219 g/mol. The highest BCUT2D eigenvalue weighted by Crippen LogP contribution is 2.04. The van der Waals surface area contributed by atoms with Gasteiger partial charge in [-0.2, -0.15) is 0 Å². The van der Waals surface area contributed by atoms with Crippen LogP contribution in [0.3, 0.4) is 0 Å². The van der Waals surface area contributed by atoms with E-state index < -0.39 is 5.91 Å². The molecule has 82 valence electrons. The molecule has 0 aromatic heterocycles. The summed E-state index contributed by atoms with van der Waals surface area (Å²) in [6.07, 6.45) is 5.89. The number of imide groups is 1. The molecule has 0 unspecified atom stereocenters. The van der Waals surface area contributed by atoms with Crippen LogP contribution in [0, 0.1) is 0 Å². The van der Waals surface area contributed by atoms with Crippen molar-refractivity contribution in [3.63, 3.8) is 0 Å². The lowest BCUT2D eigenvalue weighted by molar-refractivity contribution is -0.129. The Kier molecular flexibility index (Phi) is 8.64. The molecule has 0 aliphatic rings. The number of nitrogens with one attached hydrogen (secondary N) is 1. The summed E-state index contributed by atoms with van der Waals surface area (Å²) in [5.41, 5.74) is 0. The third-order valence-electron chi connectivity index (χ3n) is 1.91. The van der Waals surface area contributed by atoms with Crippen molar-refractivity contribution in [2.24, 2.45) is 0 Å². The van der Waals surface area contributed by atoms with Crippen molar-refractivity contribution in [1.29, 1.82) is 0 Å². The predicted octanol–water partition coefficient (Wildman–Crippen LogP) is 2.23. The summed E-state index contributed by atoms with van der Waals surface area (Å²) < 4.78 is 0. The zero-order valence-electron chi connectivity index (χ0n) is 8.64. The first-order valence-corrected chi connectivity index (χ1v) is 5.62.